The van der Waals surface area contributed by atoms with Crippen molar-refractivity contribution in [1.29, 1.82) is 0 Å². The highest BCUT2D eigenvalue weighted by Crippen LogP contribution is 2.33. The van der Waals surface area contributed by atoms with Crippen LogP contribution in [0.2, 0.25) is 0 Å². The highest BCUT2D eigenvalue weighted by atomic mass is 32.1. The Bertz CT molecular complexity index is 1190. The van der Waals surface area contributed by atoms with Gasteiger partial charge in [0.15, 0.2) is 5.58 Å². The summed E-state index contributed by atoms with van der Waals surface area (Å²) in [5, 5.41) is 9.58. The molecule has 5 aromatic rings. The molecule has 8 heteroatoms. The Hall–Kier alpha value is -3.39. The summed E-state index contributed by atoms with van der Waals surface area (Å²) in [5.74, 6) is 1.22. The Morgan fingerprint density at radius 3 is 2.81 bits per heavy atom. The summed E-state index contributed by atoms with van der Waals surface area (Å²) < 4.78 is 12.9. The molecule has 0 fully saturated rings. The van der Waals surface area contributed by atoms with Gasteiger partial charge in [-0.05, 0) is 24.3 Å². The van der Waals surface area contributed by atoms with E-state index in [2.05, 4.69) is 20.4 Å². The molecule has 5 rings (SSSR count). The molecule has 0 saturated carbocycles. The number of para-hydroxylation sites is 3. The van der Waals surface area contributed by atoms with Crippen molar-refractivity contribution in [1.82, 2.24) is 19.6 Å². The van der Waals surface area contributed by atoms with E-state index in [0.717, 1.165) is 27.5 Å². The minimum Gasteiger partial charge on any atom is -0.496 e. The minimum atomic E-state index is 0.364. The number of hydrogen-bond acceptors (Lipinski definition) is 7. The van der Waals surface area contributed by atoms with Crippen molar-refractivity contribution >= 4 is 39.4 Å². The zero-order valence-corrected chi connectivity index (χ0v) is 14.5. The summed E-state index contributed by atoms with van der Waals surface area (Å²) in [6, 6.07) is 15.8. The first-order chi connectivity index (χ1) is 12.8. The van der Waals surface area contributed by atoms with Crippen molar-refractivity contribution in [3.05, 3.63) is 53.9 Å². The van der Waals surface area contributed by atoms with Crippen LogP contribution in [-0.4, -0.2) is 26.7 Å². The van der Waals surface area contributed by atoms with E-state index < -0.39 is 0 Å². The Balaban J connectivity index is 1.53. The van der Waals surface area contributed by atoms with E-state index in [-0.39, 0.29) is 0 Å². The Morgan fingerprint density at radius 2 is 1.92 bits per heavy atom. The molecule has 0 atom stereocenters. The molecule has 0 spiro atoms. The van der Waals surface area contributed by atoms with Crippen LogP contribution in [-0.2, 0) is 0 Å². The largest absolute Gasteiger partial charge is 0.496 e. The van der Waals surface area contributed by atoms with Gasteiger partial charge in [-0.1, -0.05) is 24.3 Å². The van der Waals surface area contributed by atoms with E-state index in [0.29, 0.717) is 17.5 Å². The van der Waals surface area contributed by atoms with E-state index in [1.54, 1.807) is 11.6 Å². The normalized spacial score (nSPS) is 11.3. The van der Waals surface area contributed by atoms with Crippen LogP contribution in [0.5, 0.6) is 5.75 Å². The lowest BCUT2D eigenvalue weighted by Gasteiger charge is -2.06. The van der Waals surface area contributed by atoms with Crippen molar-refractivity contribution in [2.45, 2.75) is 0 Å². The minimum absolute atomic E-state index is 0.364. The smallest absolute Gasteiger partial charge is 0.302 e. The molecule has 0 saturated heterocycles. The van der Waals surface area contributed by atoms with Crippen molar-refractivity contribution in [2.24, 2.45) is 0 Å². The molecule has 0 radical (unpaired) electrons. The van der Waals surface area contributed by atoms with Crippen LogP contribution >= 0.6 is 11.3 Å². The quantitative estimate of drug-likeness (QED) is 0.511. The maximum atomic E-state index is 5.67. The number of nitrogens with zero attached hydrogens (tertiary/aromatic N) is 4. The number of methoxy groups -OCH3 is 1. The first-order valence-corrected chi connectivity index (χ1v) is 8.80. The van der Waals surface area contributed by atoms with Crippen molar-refractivity contribution in [2.75, 3.05) is 12.4 Å². The fourth-order valence-electron chi connectivity index (χ4n) is 2.80. The van der Waals surface area contributed by atoms with Crippen LogP contribution in [0.1, 0.15) is 0 Å². The van der Waals surface area contributed by atoms with Gasteiger partial charge in [0, 0.05) is 10.9 Å². The molecule has 0 amide bonds. The molecule has 0 unspecified atom stereocenters. The molecule has 128 valence electrons. The Labute approximate surface area is 151 Å². The van der Waals surface area contributed by atoms with E-state index in [9.17, 15) is 0 Å². The summed E-state index contributed by atoms with van der Waals surface area (Å²) in [5.41, 5.74) is 3.37. The number of nitrogens with one attached hydrogen (secondary N) is 1. The lowest BCUT2D eigenvalue weighted by atomic mass is 10.1. The first kappa shape index (κ1) is 14.9. The molecule has 7 nitrogen and oxygen atoms in total. The second kappa shape index (κ2) is 5.85. The van der Waals surface area contributed by atoms with Gasteiger partial charge in [0.05, 0.1) is 12.8 Å². The fraction of sp³-hybridized carbons (Fsp3) is 0.0556. The van der Waals surface area contributed by atoms with Gasteiger partial charge in [-0.15, -0.1) is 16.4 Å². The zero-order valence-electron chi connectivity index (χ0n) is 13.7. The van der Waals surface area contributed by atoms with Crippen LogP contribution in [0.3, 0.4) is 0 Å². The predicted molar refractivity (Wildman–Crippen MR) is 100 cm³/mol. The first-order valence-electron chi connectivity index (χ1n) is 7.92. The lowest BCUT2D eigenvalue weighted by Crippen LogP contribution is -1.95. The molecular weight excluding hydrogens is 350 g/mol. The average Bonchev–Trinajstić information content (AvgIpc) is 3.35. The van der Waals surface area contributed by atoms with Crippen molar-refractivity contribution < 1.29 is 9.15 Å². The van der Waals surface area contributed by atoms with Crippen LogP contribution in [0, 0.1) is 0 Å². The van der Waals surface area contributed by atoms with Gasteiger partial charge in [0.1, 0.15) is 11.3 Å². The van der Waals surface area contributed by atoms with Crippen LogP contribution in [0.4, 0.5) is 12.0 Å². The predicted octanol–water partition coefficient (Wildman–Crippen LogP) is 4.35. The second-order valence-electron chi connectivity index (χ2n) is 5.56. The van der Waals surface area contributed by atoms with Gasteiger partial charge in [-0.25, -0.2) is 4.52 Å². The van der Waals surface area contributed by atoms with Crippen LogP contribution < -0.4 is 10.1 Å². The molecule has 26 heavy (non-hydrogen) atoms. The van der Waals surface area contributed by atoms with Gasteiger partial charge in [0.2, 0.25) is 4.96 Å². The third-order valence-corrected chi connectivity index (χ3v) is 4.79. The van der Waals surface area contributed by atoms with Gasteiger partial charge in [-0.2, -0.15) is 9.97 Å². The third-order valence-electron chi connectivity index (χ3n) is 3.98. The maximum Gasteiger partial charge on any atom is 0.302 e. The van der Waals surface area contributed by atoms with Crippen LogP contribution in [0.25, 0.3) is 27.3 Å². The van der Waals surface area contributed by atoms with Gasteiger partial charge >= 0.3 is 6.01 Å². The molecule has 0 aliphatic heterocycles. The monoisotopic (exact) mass is 363 g/mol. The third kappa shape index (κ3) is 2.39. The number of fused-ring (bicyclic) bond motifs is 2. The van der Waals surface area contributed by atoms with Crippen molar-refractivity contribution in [3.8, 4) is 17.0 Å². The highest BCUT2D eigenvalue weighted by molar-refractivity contribution is 7.15. The van der Waals surface area contributed by atoms with E-state index in [1.165, 1.54) is 11.3 Å². The van der Waals surface area contributed by atoms with Gasteiger partial charge in [0.25, 0.3) is 5.95 Å². The molecule has 0 aliphatic rings. The molecule has 3 aromatic heterocycles. The molecule has 1 N–H and O–H groups in total. The van der Waals surface area contributed by atoms with Gasteiger partial charge in [-0.3, -0.25) is 5.32 Å². The number of anilines is 2. The number of oxazole rings is 1. The summed E-state index contributed by atoms with van der Waals surface area (Å²) in [6.45, 7) is 0. The highest BCUT2D eigenvalue weighted by Gasteiger charge is 2.15. The Morgan fingerprint density at radius 1 is 1.08 bits per heavy atom. The van der Waals surface area contributed by atoms with Crippen molar-refractivity contribution in [3.63, 3.8) is 0 Å². The average molecular weight is 363 g/mol. The molecule has 0 bridgehead atoms. The molecule has 2 aromatic carbocycles. The standard InChI is InChI=1S/C18H13N5O2S/c1-24-14-8-4-2-6-11(14)13-10-26-18-21-16(22-23(13)18)20-17-19-12-7-3-5-9-15(12)25-17/h2-10H,1H3,(H,19,20,22). The molecular formula is C18H13N5O2S. The number of ether oxygens (including phenoxy) is 1. The topological polar surface area (TPSA) is 77.5 Å². The maximum absolute atomic E-state index is 5.67. The molecule has 3 heterocycles. The van der Waals surface area contributed by atoms with E-state index >= 15 is 0 Å². The lowest BCUT2D eigenvalue weighted by molar-refractivity contribution is 0.416. The van der Waals surface area contributed by atoms with E-state index in [1.807, 2.05) is 53.9 Å². The second-order valence-corrected chi connectivity index (χ2v) is 6.40. The summed E-state index contributed by atoms with van der Waals surface area (Å²) in [4.78, 5) is 9.65. The number of hydrogen-bond donors (Lipinski definition) is 1. The molecule has 0 aliphatic carbocycles. The summed E-state index contributed by atoms with van der Waals surface area (Å²) in [7, 11) is 1.66. The van der Waals surface area contributed by atoms with Crippen LogP contribution in [0.15, 0.2) is 58.3 Å². The number of rotatable bonds is 4. The number of thiazole rings is 1. The van der Waals surface area contributed by atoms with Gasteiger partial charge < -0.3 is 9.15 Å². The summed E-state index contributed by atoms with van der Waals surface area (Å²) >= 11 is 1.51. The number of aromatic nitrogens is 4. The zero-order chi connectivity index (χ0) is 17.5. The number of benzene rings is 2. The van der Waals surface area contributed by atoms with E-state index in [4.69, 9.17) is 9.15 Å². The summed E-state index contributed by atoms with van der Waals surface area (Å²) in [6.07, 6.45) is 0. The SMILES string of the molecule is COc1ccccc1-c1csc2nc(Nc3nc4ccccc4o3)nn12. The fourth-order valence-corrected chi connectivity index (χ4v) is 3.62. The Kier molecular flexibility index (Phi) is 3.36.